The van der Waals surface area contributed by atoms with Gasteiger partial charge in [0, 0.05) is 19.3 Å². The Hall–Kier alpha value is -3.00. The van der Waals surface area contributed by atoms with Gasteiger partial charge in [0.1, 0.15) is 12.4 Å². The van der Waals surface area contributed by atoms with Crippen LogP contribution in [0.2, 0.25) is 0 Å². The van der Waals surface area contributed by atoms with Crippen LogP contribution < -0.4 is 4.74 Å². The number of carbonyl (C=O) groups excluding carboxylic acids is 2. The molecule has 8 nitrogen and oxygen atoms in total. The topological polar surface area (TPSA) is 84.9 Å². The Bertz CT molecular complexity index is 970. The Kier molecular flexibility index (Phi) is 8.11. The van der Waals surface area contributed by atoms with Crippen LogP contribution in [-0.2, 0) is 16.0 Å². The lowest BCUT2D eigenvalue weighted by atomic mass is 9.90. The second-order valence-electron chi connectivity index (χ2n) is 8.99. The molecule has 4 rings (SSSR count). The third kappa shape index (κ3) is 5.55. The number of nitrogens with zero attached hydrogens (tertiary/aromatic N) is 4. The van der Waals surface area contributed by atoms with Crippen molar-refractivity contribution < 1.29 is 19.1 Å². The van der Waals surface area contributed by atoms with Gasteiger partial charge in [0.05, 0.1) is 19.7 Å². The molecule has 0 saturated carbocycles. The molecule has 1 saturated heterocycles. The van der Waals surface area contributed by atoms with Crippen molar-refractivity contribution in [2.75, 3.05) is 39.4 Å². The highest BCUT2D eigenvalue weighted by Crippen LogP contribution is 2.30. The van der Waals surface area contributed by atoms with Crippen molar-refractivity contribution >= 4 is 11.8 Å². The molecule has 3 heterocycles. The van der Waals surface area contributed by atoms with Crippen LogP contribution in [0.15, 0.2) is 42.6 Å². The number of rotatable bonds is 4. The van der Waals surface area contributed by atoms with Gasteiger partial charge < -0.3 is 19.3 Å². The summed E-state index contributed by atoms with van der Waals surface area (Å²) >= 11 is 0. The van der Waals surface area contributed by atoms with Crippen molar-refractivity contribution in [1.82, 2.24) is 20.0 Å². The average molecular weight is 467 g/mol. The normalized spacial score (nSPS) is 21.9. The molecule has 0 aliphatic carbocycles. The van der Waals surface area contributed by atoms with E-state index in [4.69, 9.17) is 9.47 Å². The summed E-state index contributed by atoms with van der Waals surface area (Å²) in [6, 6.07) is 11.5. The first-order valence-corrected chi connectivity index (χ1v) is 12.3. The van der Waals surface area contributed by atoms with Gasteiger partial charge in [-0.3, -0.25) is 9.59 Å². The quantitative estimate of drug-likeness (QED) is 0.688. The molecular formula is C26H34N4O4. The Labute approximate surface area is 201 Å². The fourth-order valence-corrected chi connectivity index (χ4v) is 4.72. The largest absolute Gasteiger partial charge is 0.491 e. The van der Waals surface area contributed by atoms with Gasteiger partial charge in [-0.15, -0.1) is 5.10 Å². The SMILES string of the molecule is CCCCN1CCOc2ccccc2CCCCC2(CN(C(=O)c3cccnn3)CCO2)C1=O. The average Bonchev–Trinajstić information content (AvgIpc) is 2.88. The van der Waals surface area contributed by atoms with Crippen LogP contribution in [0.5, 0.6) is 5.75 Å². The third-order valence-electron chi connectivity index (χ3n) is 6.59. The minimum absolute atomic E-state index is 0.0462. The molecule has 1 aromatic heterocycles. The number of morpholine rings is 1. The van der Waals surface area contributed by atoms with Crippen LogP contribution in [-0.4, -0.2) is 76.8 Å². The molecule has 1 aromatic carbocycles. The summed E-state index contributed by atoms with van der Waals surface area (Å²) in [6.45, 7) is 4.63. The van der Waals surface area contributed by atoms with Crippen molar-refractivity contribution in [3.63, 3.8) is 0 Å². The van der Waals surface area contributed by atoms with Gasteiger partial charge in [-0.05, 0) is 55.9 Å². The van der Waals surface area contributed by atoms with Crippen molar-refractivity contribution in [1.29, 1.82) is 0 Å². The highest BCUT2D eigenvalue weighted by molar-refractivity contribution is 5.93. The summed E-state index contributed by atoms with van der Waals surface area (Å²) in [5.74, 6) is 0.637. The van der Waals surface area contributed by atoms with Gasteiger partial charge in [0.25, 0.3) is 11.8 Å². The van der Waals surface area contributed by atoms with Crippen LogP contribution in [0.25, 0.3) is 0 Å². The number of amides is 2. The first kappa shape index (κ1) is 24.1. The molecule has 0 N–H and O–H groups in total. The maximum absolute atomic E-state index is 14.0. The molecule has 1 unspecified atom stereocenters. The zero-order valence-corrected chi connectivity index (χ0v) is 19.9. The van der Waals surface area contributed by atoms with Crippen molar-refractivity contribution in [2.45, 2.75) is 51.0 Å². The zero-order valence-electron chi connectivity index (χ0n) is 19.9. The van der Waals surface area contributed by atoms with Gasteiger partial charge in [0.2, 0.25) is 0 Å². The molecule has 1 spiro atoms. The van der Waals surface area contributed by atoms with Crippen molar-refractivity contribution in [3.8, 4) is 5.75 Å². The molecule has 34 heavy (non-hydrogen) atoms. The summed E-state index contributed by atoms with van der Waals surface area (Å²) in [5, 5.41) is 7.81. The highest BCUT2D eigenvalue weighted by atomic mass is 16.5. The minimum atomic E-state index is -1.05. The van der Waals surface area contributed by atoms with Gasteiger partial charge in [-0.25, -0.2) is 0 Å². The fourth-order valence-electron chi connectivity index (χ4n) is 4.72. The number of carbonyl (C=O) groups is 2. The maximum Gasteiger partial charge on any atom is 0.274 e. The van der Waals surface area contributed by atoms with E-state index in [0.29, 0.717) is 39.3 Å². The smallest absolute Gasteiger partial charge is 0.274 e. The fraction of sp³-hybridized carbons (Fsp3) is 0.538. The second kappa shape index (κ2) is 11.4. The monoisotopic (exact) mass is 466 g/mol. The molecule has 1 fully saturated rings. The Morgan fingerprint density at radius 1 is 1.12 bits per heavy atom. The molecule has 2 aliphatic rings. The summed E-state index contributed by atoms with van der Waals surface area (Å²) in [6.07, 6.45) is 6.60. The zero-order chi connectivity index (χ0) is 23.8. The van der Waals surface area contributed by atoms with E-state index in [1.165, 1.54) is 5.56 Å². The Morgan fingerprint density at radius 2 is 2.00 bits per heavy atom. The molecule has 2 aromatic rings. The lowest BCUT2D eigenvalue weighted by Gasteiger charge is -2.44. The van der Waals surface area contributed by atoms with E-state index in [-0.39, 0.29) is 24.1 Å². The van der Waals surface area contributed by atoms with Crippen molar-refractivity contribution in [2.24, 2.45) is 0 Å². The van der Waals surface area contributed by atoms with E-state index < -0.39 is 5.60 Å². The van der Waals surface area contributed by atoms with Crippen LogP contribution in [0, 0.1) is 0 Å². The van der Waals surface area contributed by atoms with Crippen LogP contribution in [0.4, 0.5) is 0 Å². The predicted octanol–water partition coefficient (Wildman–Crippen LogP) is 3.12. The molecular weight excluding hydrogens is 432 g/mol. The lowest BCUT2D eigenvalue weighted by molar-refractivity contribution is -0.170. The number of aryl methyl sites for hydroxylation is 1. The molecule has 182 valence electrons. The number of aromatic nitrogens is 2. The number of hydrogen-bond donors (Lipinski definition) is 0. The number of para-hydroxylation sites is 1. The standard InChI is InChI=1S/C26H34N4O4/c1-2-3-15-29-16-18-33-23-12-5-4-9-21(23)10-6-7-13-26(25(29)32)20-30(17-19-34-26)24(31)22-11-8-14-27-28-22/h4-5,8-9,11-12,14H,2-3,6-7,10,13,15-20H2,1H3. The van der Waals surface area contributed by atoms with E-state index >= 15 is 0 Å². The van der Waals surface area contributed by atoms with Gasteiger partial charge in [0.15, 0.2) is 11.3 Å². The first-order chi connectivity index (χ1) is 16.6. The third-order valence-corrected chi connectivity index (χ3v) is 6.59. The molecule has 2 amide bonds. The number of benzene rings is 1. The molecule has 0 radical (unpaired) electrons. The minimum Gasteiger partial charge on any atom is -0.491 e. The second-order valence-corrected chi connectivity index (χ2v) is 8.99. The van der Waals surface area contributed by atoms with Gasteiger partial charge in [-0.2, -0.15) is 5.10 Å². The van der Waals surface area contributed by atoms with E-state index in [0.717, 1.165) is 37.9 Å². The van der Waals surface area contributed by atoms with Crippen LogP contribution in [0.1, 0.15) is 55.1 Å². The van der Waals surface area contributed by atoms with E-state index in [1.807, 2.05) is 23.1 Å². The van der Waals surface area contributed by atoms with E-state index in [9.17, 15) is 9.59 Å². The molecule has 2 aliphatic heterocycles. The van der Waals surface area contributed by atoms with Crippen LogP contribution >= 0.6 is 0 Å². The van der Waals surface area contributed by atoms with Crippen molar-refractivity contribution in [3.05, 3.63) is 53.9 Å². The van der Waals surface area contributed by atoms with E-state index in [2.05, 4.69) is 23.2 Å². The molecule has 0 bridgehead atoms. The van der Waals surface area contributed by atoms with Crippen LogP contribution in [0.3, 0.4) is 0 Å². The summed E-state index contributed by atoms with van der Waals surface area (Å²) < 4.78 is 12.4. The number of fused-ring (bicyclic) bond motifs is 1. The number of hydrogen-bond acceptors (Lipinski definition) is 6. The molecule has 1 atom stereocenters. The van der Waals surface area contributed by atoms with Gasteiger partial charge >= 0.3 is 0 Å². The van der Waals surface area contributed by atoms with E-state index in [1.54, 1.807) is 23.2 Å². The van der Waals surface area contributed by atoms with Gasteiger partial charge in [-0.1, -0.05) is 31.5 Å². The first-order valence-electron chi connectivity index (χ1n) is 12.3. The Morgan fingerprint density at radius 3 is 2.82 bits per heavy atom. The summed E-state index contributed by atoms with van der Waals surface area (Å²) in [5.41, 5.74) is 0.420. The highest BCUT2D eigenvalue weighted by Gasteiger charge is 2.46. The number of ether oxygens (including phenoxy) is 2. The summed E-state index contributed by atoms with van der Waals surface area (Å²) in [4.78, 5) is 30.7. The lowest BCUT2D eigenvalue weighted by Crippen LogP contribution is -2.62. The predicted molar refractivity (Wildman–Crippen MR) is 128 cm³/mol. The number of unbranched alkanes of at least 4 members (excludes halogenated alkanes) is 1. The Balaban J connectivity index is 1.58. The maximum atomic E-state index is 14.0. The summed E-state index contributed by atoms with van der Waals surface area (Å²) in [7, 11) is 0. The molecule has 8 heteroatoms.